The largest absolute Gasteiger partial charge is 0.462 e. The minimum atomic E-state index is -0.648. The van der Waals surface area contributed by atoms with Crippen LogP contribution < -0.4 is 5.32 Å². The summed E-state index contributed by atoms with van der Waals surface area (Å²) in [6.45, 7) is 4.13. The van der Waals surface area contributed by atoms with Crippen LogP contribution in [0.3, 0.4) is 0 Å². The van der Waals surface area contributed by atoms with Gasteiger partial charge in [0.15, 0.2) is 0 Å². The van der Waals surface area contributed by atoms with Gasteiger partial charge < -0.3 is 14.5 Å². The number of ether oxygens (including phenoxy) is 1. The number of carbonyl (C=O) groups is 2. The lowest BCUT2D eigenvalue weighted by Crippen LogP contribution is -2.29. The summed E-state index contributed by atoms with van der Waals surface area (Å²) >= 11 is 13.5. The van der Waals surface area contributed by atoms with E-state index in [4.69, 9.17) is 32.4 Å². The number of hydrogen-bond donors (Lipinski definition) is 1. The number of nitriles is 1. The van der Waals surface area contributed by atoms with Crippen LogP contribution in [0.5, 0.6) is 0 Å². The Balaban J connectivity index is 1.37. The molecule has 0 radical (unpaired) electrons. The van der Waals surface area contributed by atoms with Crippen molar-refractivity contribution >= 4 is 57.5 Å². The lowest BCUT2D eigenvalue weighted by atomic mass is 10.0. The summed E-state index contributed by atoms with van der Waals surface area (Å²) in [4.78, 5) is 29.5. The minimum Gasteiger partial charge on any atom is -0.462 e. The maximum atomic E-state index is 13.2. The molecule has 5 rings (SSSR count). The van der Waals surface area contributed by atoms with Crippen molar-refractivity contribution in [3.63, 3.8) is 0 Å². The van der Waals surface area contributed by atoms with Gasteiger partial charge in [-0.25, -0.2) is 4.79 Å². The number of rotatable bonds is 8. The molecule has 41 heavy (non-hydrogen) atoms. The van der Waals surface area contributed by atoms with Gasteiger partial charge in [-0.05, 0) is 54.8 Å². The third-order valence-corrected chi connectivity index (χ3v) is 8.45. The Morgan fingerprint density at radius 2 is 1.95 bits per heavy atom. The SMILES string of the molecule is CCOC(=O)c1c(NC(=O)C(C#N)=Cc2ccc(-c3ccc(Cl)c(Cl)c3)o2)sc2c1CCN(Cc1ccccc1)C2. The molecule has 2 aromatic carbocycles. The van der Waals surface area contributed by atoms with Gasteiger partial charge in [-0.15, -0.1) is 11.3 Å². The number of carbonyl (C=O) groups excluding carboxylic acids is 2. The van der Waals surface area contributed by atoms with E-state index in [2.05, 4.69) is 22.3 Å². The van der Waals surface area contributed by atoms with Gasteiger partial charge in [0.05, 0.1) is 22.2 Å². The Labute approximate surface area is 251 Å². The van der Waals surface area contributed by atoms with Crippen molar-refractivity contribution in [3.8, 4) is 17.4 Å². The van der Waals surface area contributed by atoms with Crippen molar-refractivity contribution in [1.82, 2.24) is 4.90 Å². The molecule has 1 amide bonds. The highest BCUT2D eigenvalue weighted by molar-refractivity contribution is 7.17. The molecule has 4 aromatic rings. The van der Waals surface area contributed by atoms with Crippen LogP contribution in [0, 0.1) is 11.3 Å². The van der Waals surface area contributed by atoms with Crippen LogP contribution in [-0.4, -0.2) is 29.9 Å². The standard InChI is InChI=1S/C31H25Cl2N3O4S/c1-2-39-31(38)28-23-12-13-36(17-19-6-4-3-5-7-19)18-27(23)41-30(28)35-29(37)21(16-34)14-22-9-11-26(40-22)20-8-10-24(32)25(33)15-20/h3-11,14-15H,2,12-13,17-18H2,1H3,(H,35,37). The smallest absolute Gasteiger partial charge is 0.341 e. The maximum absolute atomic E-state index is 13.2. The number of nitrogens with one attached hydrogen (secondary N) is 1. The number of benzene rings is 2. The molecule has 2 aromatic heterocycles. The summed E-state index contributed by atoms with van der Waals surface area (Å²) < 4.78 is 11.2. The quantitative estimate of drug-likeness (QED) is 0.126. The summed E-state index contributed by atoms with van der Waals surface area (Å²) in [5, 5.41) is 13.7. The zero-order valence-electron chi connectivity index (χ0n) is 22.1. The fourth-order valence-corrected chi connectivity index (χ4v) is 6.21. The minimum absolute atomic E-state index is 0.174. The van der Waals surface area contributed by atoms with E-state index >= 15 is 0 Å². The molecule has 7 nitrogen and oxygen atoms in total. The molecule has 0 spiro atoms. The molecule has 0 aliphatic carbocycles. The van der Waals surface area contributed by atoms with Gasteiger partial charge in [0.25, 0.3) is 5.91 Å². The summed E-state index contributed by atoms with van der Waals surface area (Å²) in [5.74, 6) is -0.324. The molecule has 1 aliphatic rings. The molecule has 0 saturated carbocycles. The van der Waals surface area contributed by atoms with Crippen LogP contribution in [0.4, 0.5) is 5.00 Å². The average molecular weight is 607 g/mol. The Morgan fingerprint density at radius 3 is 2.68 bits per heavy atom. The van der Waals surface area contributed by atoms with Crippen LogP contribution in [0.25, 0.3) is 17.4 Å². The Bertz CT molecular complexity index is 1670. The van der Waals surface area contributed by atoms with Crippen molar-refractivity contribution in [2.45, 2.75) is 26.4 Å². The van der Waals surface area contributed by atoms with Crippen molar-refractivity contribution in [3.05, 3.63) is 104 Å². The van der Waals surface area contributed by atoms with Gasteiger partial charge in [0, 0.05) is 36.2 Å². The molecule has 0 fully saturated rings. The lowest BCUT2D eigenvalue weighted by Gasteiger charge is -2.27. The molecule has 3 heterocycles. The number of fused-ring (bicyclic) bond motifs is 1. The summed E-state index contributed by atoms with van der Waals surface area (Å²) in [7, 11) is 0. The molecule has 1 N–H and O–H groups in total. The van der Waals surface area contributed by atoms with Gasteiger partial charge in [-0.3, -0.25) is 9.69 Å². The monoisotopic (exact) mass is 605 g/mol. The van der Waals surface area contributed by atoms with Crippen molar-refractivity contribution < 1.29 is 18.7 Å². The van der Waals surface area contributed by atoms with E-state index in [0.29, 0.717) is 50.7 Å². The second-order valence-electron chi connectivity index (χ2n) is 9.33. The van der Waals surface area contributed by atoms with E-state index in [9.17, 15) is 14.9 Å². The van der Waals surface area contributed by atoms with E-state index in [1.165, 1.54) is 23.0 Å². The van der Waals surface area contributed by atoms with Gasteiger partial charge >= 0.3 is 5.97 Å². The number of nitrogens with zero attached hydrogens (tertiary/aromatic N) is 2. The topological polar surface area (TPSA) is 95.6 Å². The van der Waals surface area contributed by atoms with E-state index in [1.54, 1.807) is 37.3 Å². The van der Waals surface area contributed by atoms with E-state index in [0.717, 1.165) is 23.5 Å². The Hall–Kier alpha value is -3.87. The predicted octanol–water partition coefficient (Wildman–Crippen LogP) is 7.60. The average Bonchev–Trinajstić information content (AvgIpc) is 3.58. The lowest BCUT2D eigenvalue weighted by molar-refractivity contribution is -0.112. The first kappa shape index (κ1) is 28.7. The van der Waals surface area contributed by atoms with Crippen LogP contribution in [0.2, 0.25) is 10.0 Å². The second kappa shape index (κ2) is 12.8. The maximum Gasteiger partial charge on any atom is 0.341 e. The van der Waals surface area contributed by atoms with Gasteiger partial charge in [0.1, 0.15) is 28.2 Å². The number of anilines is 1. The number of hydrogen-bond acceptors (Lipinski definition) is 7. The van der Waals surface area contributed by atoms with Crippen LogP contribution in [0.1, 0.15) is 39.0 Å². The highest BCUT2D eigenvalue weighted by Crippen LogP contribution is 2.38. The molecule has 0 unspecified atom stereocenters. The second-order valence-corrected chi connectivity index (χ2v) is 11.2. The van der Waals surface area contributed by atoms with Crippen molar-refractivity contribution in [2.24, 2.45) is 0 Å². The molecule has 208 valence electrons. The zero-order chi connectivity index (χ0) is 28.9. The predicted molar refractivity (Wildman–Crippen MR) is 161 cm³/mol. The fraction of sp³-hybridized carbons (Fsp3) is 0.194. The molecular weight excluding hydrogens is 581 g/mol. The van der Waals surface area contributed by atoms with Crippen molar-refractivity contribution in [2.75, 3.05) is 18.5 Å². The first-order chi connectivity index (χ1) is 19.9. The van der Waals surface area contributed by atoms with Crippen LogP contribution >= 0.6 is 34.5 Å². The molecule has 0 atom stereocenters. The Morgan fingerprint density at radius 1 is 1.15 bits per heavy atom. The molecular formula is C31H25Cl2N3O4S. The zero-order valence-corrected chi connectivity index (χ0v) is 24.4. The third kappa shape index (κ3) is 6.55. The first-order valence-electron chi connectivity index (χ1n) is 12.9. The number of halogens is 2. The number of esters is 1. The molecule has 0 bridgehead atoms. The number of thiophene rings is 1. The van der Waals surface area contributed by atoms with E-state index in [-0.39, 0.29) is 12.2 Å². The summed E-state index contributed by atoms with van der Waals surface area (Å²) in [5.41, 5.74) is 2.97. The highest BCUT2D eigenvalue weighted by atomic mass is 35.5. The summed E-state index contributed by atoms with van der Waals surface area (Å²) in [6, 6.07) is 20.6. The summed E-state index contributed by atoms with van der Waals surface area (Å²) in [6.07, 6.45) is 2.00. The number of furan rings is 1. The van der Waals surface area contributed by atoms with Crippen LogP contribution in [-0.2, 0) is 29.0 Å². The third-order valence-electron chi connectivity index (χ3n) is 6.57. The van der Waals surface area contributed by atoms with E-state index < -0.39 is 11.9 Å². The number of amides is 1. The Kier molecular flexibility index (Phi) is 8.91. The van der Waals surface area contributed by atoms with Gasteiger partial charge in [0.2, 0.25) is 0 Å². The van der Waals surface area contributed by atoms with Crippen LogP contribution in [0.15, 0.2) is 70.7 Å². The van der Waals surface area contributed by atoms with Crippen molar-refractivity contribution in [1.29, 1.82) is 5.26 Å². The molecule has 0 saturated heterocycles. The first-order valence-corrected chi connectivity index (χ1v) is 14.5. The normalized spacial score (nSPS) is 13.4. The molecule has 10 heteroatoms. The van der Waals surface area contributed by atoms with Gasteiger partial charge in [-0.1, -0.05) is 53.5 Å². The van der Waals surface area contributed by atoms with E-state index in [1.807, 2.05) is 24.3 Å². The highest BCUT2D eigenvalue weighted by Gasteiger charge is 2.30. The molecule has 1 aliphatic heterocycles. The van der Waals surface area contributed by atoms with Gasteiger partial charge in [-0.2, -0.15) is 5.26 Å². The fourth-order valence-electron chi connectivity index (χ4n) is 4.64.